The monoisotopic (exact) mass is 672 g/mol. The van der Waals surface area contributed by atoms with Gasteiger partial charge in [-0.25, -0.2) is 0 Å². The zero-order chi connectivity index (χ0) is 34.9. The van der Waals surface area contributed by atoms with Crippen LogP contribution >= 0.6 is 0 Å². The Morgan fingerprint density at radius 3 is 1.62 bits per heavy atom. The minimum absolute atomic E-state index is 0.900. The largest absolute Gasteiger partial charge is 0.455 e. The molecule has 1 heteroatoms. The van der Waals surface area contributed by atoms with Crippen molar-refractivity contribution in [2.75, 3.05) is 0 Å². The second-order valence-electron chi connectivity index (χ2n) is 13.9. The van der Waals surface area contributed by atoms with Crippen LogP contribution in [0.1, 0.15) is 0 Å². The number of benzene rings is 10. The number of hydrogen-bond donors (Lipinski definition) is 0. The Morgan fingerprint density at radius 1 is 0.283 bits per heavy atom. The van der Waals surface area contributed by atoms with Gasteiger partial charge < -0.3 is 4.42 Å². The summed E-state index contributed by atoms with van der Waals surface area (Å²) in [5, 5.41) is 12.4. The van der Waals surface area contributed by atoms with Crippen molar-refractivity contribution in [2.24, 2.45) is 0 Å². The predicted octanol–water partition coefficient (Wildman–Crippen LogP) is 14.9. The lowest BCUT2D eigenvalue weighted by atomic mass is 9.84. The van der Waals surface area contributed by atoms with Crippen molar-refractivity contribution in [1.82, 2.24) is 0 Å². The van der Waals surface area contributed by atoms with E-state index in [1.54, 1.807) is 0 Å². The molecular weight excluding hydrogens is 641 g/mol. The number of fused-ring (bicyclic) bond motifs is 8. The molecule has 0 amide bonds. The van der Waals surface area contributed by atoms with Gasteiger partial charge in [-0.2, -0.15) is 0 Å². The highest BCUT2D eigenvalue weighted by Crippen LogP contribution is 2.47. The zero-order valence-corrected chi connectivity index (χ0v) is 28.9. The van der Waals surface area contributed by atoms with Gasteiger partial charge in [0.05, 0.1) is 0 Å². The van der Waals surface area contributed by atoms with Gasteiger partial charge in [0, 0.05) is 16.3 Å². The molecule has 1 nitrogen and oxygen atoms in total. The van der Waals surface area contributed by atoms with E-state index in [1.165, 1.54) is 70.9 Å². The smallest absolute Gasteiger partial charge is 0.143 e. The summed E-state index contributed by atoms with van der Waals surface area (Å²) in [6.07, 6.45) is 0. The minimum atomic E-state index is 0.900. The molecule has 0 aliphatic heterocycles. The maximum absolute atomic E-state index is 6.64. The van der Waals surface area contributed by atoms with Crippen LogP contribution in [0.3, 0.4) is 0 Å². The van der Waals surface area contributed by atoms with Gasteiger partial charge in [-0.15, -0.1) is 0 Å². The van der Waals surface area contributed by atoms with Gasteiger partial charge in [0.1, 0.15) is 11.2 Å². The van der Waals surface area contributed by atoms with Crippen molar-refractivity contribution in [2.45, 2.75) is 0 Å². The van der Waals surface area contributed by atoms with E-state index in [4.69, 9.17) is 4.42 Å². The summed E-state index contributed by atoms with van der Waals surface area (Å²) in [6.45, 7) is 0. The molecule has 1 heterocycles. The Morgan fingerprint density at radius 2 is 0.849 bits per heavy atom. The number of para-hydroxylation sites is 1. The highest BCUT2D eigenvalue weighted by molar-refractivity contribution is 6.25. The molecule has 0 atom stereocenters. The van der Waals surface area contributed by atoms with Gasteiger partial charge in [0.2, 0.25) is 0 Å². The summed E-state index contributed by atoms with van der Waals surface area (Å²) in [4.78, 5) is 0. The Kier molecular flexibility index (Phi) is 6.62. The standard InChI is InChI=1S/C52H32O/c1-2-14-33(15-3-1)39-31-30-38(51-47-24-10-11-27-48(47)53-52(39)51)35-17-12-18-36(32-35)49-43-20-6-8-22-45(43)50(46-23-9-7-21-44(46)49)42-26-13-25-40-37-19-5-4-16-34(37)28-29-41(40)42/h1-32H. The topological polar surface area (TPSA) is 13.1 Å². The normalized spacial score (nSPS) is 11.8. The molecule has 11 rings (SSSR count). The van der Waals surface area contributed by atoms with Crippen molar-refractivity contribution in [3.05, 3.63) is 194 Å². The van der Waals surface area contributed by atoms with Crippen molar-refractivity contribution >= 4 is 65.0 Å². The first-order chi connectivity index (χ1) is 26.3. The van der Waals surface area contributed by atoms with Gasteiger partial charge in [0.15, 0.2) is 0 Å². The van der Waals surface area contributed by atoms with Gasteiger partial charge >= 0.3 is 0 Å². The number of furan rings is 1. The van der Waals surface area contributed by atoms with E-state index in [0.29, 0.717) is 0 Å². The molecule has 0 N–H and O–H groups in total. The van der Waals surface area contributed by atoms with E-state index in [9.17, 15) is 0 Å². The lowest BCUT2D eigenvalue weighted by Crippen LogP contribution is -1.92. The zero-order valence-electron chi connectivity index (χ0n) is 28.9. The molecule has 11 aromatic rings. The Labute approximate surface area is 307 Å². The summed E-state index contributed by atoms with van der Waals surface area (Å²) >= 11 is 0. The highest BCUT2D eigenvalue weighted by Gasteiger charge is 2.20. The van der Waals surface area contributed by atoms with E-state index in [-0.39, 0.29) is 0 Å². The van der Waals surface area contributed by atoms with Gasteiger partial charge in [-0.3, -0.25) is 0 Å². The summed E-state index contributed by atoms with van der Waals surface area (Å²) in [6, 6.07) is 70.5. The van der Waals surface area contributed by atoms with Crippen LogP contribution in [0.2, 0.25) is 0 Å². The third kappa shape index (κ3) is 4.58. The second kappa shape index (κ2) is 11.8. The van der Waals surface area contributed by atoms with E-state index < -0.39 is 0 Å². The van der Waals surface area contributed by atoms with Gasteiger partial charge in [-0.05, 0) is 100 Å². The van der Waals surface area contributed by atoms with Crippen molar-refractivity contribution < 1.29 is 4.42 Å². The quantitative estimate of drug-likeness (QED) is 0.134. The molecule has 53 heavy (non-hydrogen) atoms. The highest BCUT2D eigenvalue weighted by atomic mass is 16.3. The summed E-state index contributed by atoms with van der Waals surface area (Å²) in [5.41, 5.74) is 11.4. The minimum Gasteiger partial charge on any atom is -0.455 e. The van der Waals surface area contributed by atoms with E-state index in [2.05, 4.69) is 188 Å². The average Bonchev–Trinajstić information content (AvgIpc) is 3.62. The maximum Gasteiger partial charge on any atom is 0.143 e. The molecule has 0 radical (unpaired) electrons. The van der Waals surface area contributed by atoms with Crippen LogP contribution in [-0.4, -0.2) is 0 Å². The van der Waals surface area contributed by atoms with Crippen LogP contribution in [0.5, 0.6) is 0 Å². The molecule has 0 aliphatic rings. The van der Waals surface area contributed by atoms with E-state index in [1.807, 2.05) is 6.07 Å². The Bertz CT molecular complexity index is 3160. The fraction of sp³-hybridized carbons (Fsp3) is 0. The van der Waals surface area contributed by atoms with Crippen molar-refractivity contribution in [3.63, 3.8) is 0 Å². The first kappa shape index (κ1) is 29.7. The van der Waals surface area contributed by atoms with Crippen LogP contribution < -0.4 is 0 Å². The van der Waals surface area contributed by atoms with Crippen LogP contribution in [0, 0.1) is 0 Å². The first-order valence-electron chi connectivity index (χ1n) is 18.3. The molecule has 0 saturated carbocycles. The molecule has 0 aliphatic carbocycles. The lowest BCUT2D eigenvalue weighted by Gasteiger charge is -2.19. The predicted molar refractivity (Wildman–Crippen MR) is 225 cm³/mol. The van der Waals surface area contributed by atoms with Gasteiger partial charge in [0.25, 0.3) is 0 Å². The van der Waals surface area contributed by atoms with Gasteiger partial charge in [-0.1, -0.05) is 176 Å². The summed E-state index contributed by atoms with van der Waals surface area (Å²) in [5.74, 6) is 0. The Hall–Kier alpha value is -6.96. The Balaban J connectivity index is 1.17. The van der Waals surface area contributed by atoms with Crippen molar-refractivity contribution in [1.29, 1.82) is 0 Å². The van der Waals surface area contributed by atoms with Crippen molar-refractivity contribution in [3.8, 4) is 44.5 Å². The fourth-order valence-corrected chi connectivity index (χ4v) is 8.74. The number of rotatable bonds is 4. The third-order valence-electron chi connectivity index (χ3n) is 11.1. The first-order valence-corrected chi connectivity index (χ1v) is 18.3. The molecule has 0 unspecified atom stereocenters. The second-order valence-corrected chi connectivity index (χ2v) is 13.9. The third-order valence-corrected chi connectivity index (χ3v) is 11.1. The summed E-state index contributed by atoms with van der Waals surface area (Å²) in [7, 11) is 0. The molecule has 1 aromatic heterocycles. The van der Waals surface area contributed by atoms with Crippen LogP contribution in [0.4, 0.5) is 0 Å². The number of hydrogen-bond acceptors (Lipinski definition) is 1. The lowest BCUT2D eigenvalue weighted by molar-refractivity contribution is 0.670. The molecule has 246 valence electrons. The molecule has 0 fully saturated rings. The maximum atomic E-state index is 6.64. The van der Waals surface area contributed by atoms with Crippen LogP contribution in [0.25, 0.3) is 110 Å². The van der Waals surface area contributed by atoms with E-state index >= 15 is 0 Å². The average molecular weight is 673 g/mol. The molecule has 0 bridgehead atoms. The molecule has 0 spiro atoms. The molecular formula is C52H32O. The van der Waals surface area contributed by atoms with E-state index in [0.717, 1.165) is 38.6 Å². The SMILES string of the molecule is c1ccc(-c2ccc(-c3cccc(-c4c5ccccc5c(-c5cccc6c5ccc5ccccc56)c5ccccc45)c3)c3c2oc2ccccc23)cc1. The molecule has 0 saturated heterocycles. The van der Waals surface area contributed by atoms with Crippen LogP contribution in [0.15, 0.2) is 199 Å². The fourth-order valence-electron chi connectivity index (χ4n) is 8.74. The van der Waals surface area contributed by atoms with Crippen LogP contribution in [-0.2, 0) is 0 Å². The summed E-state index contributed by atoms with van der Waals surface area (Å²) < 4.78 is 6.64. The molecule has 10 aromatic carbocycles.